The van der Waals surface area contributed by atoms with Crippen molar-refractivity contribution in [3.63, 3.8) is 0 Å². The number of hydrogen-bond donors (Lipinski definition) is 2. The Kier molecular flexibility index (Phi) is 4.49. The van der Waals surface area contributed by atoms with Gasteiger partial charge >= 0.3 is 0 Å². The average Bonchev–Trinajstić information content (AvgIpc) is 2.77. The Bertz CT molecular complexity index is 1110. The molecule has 1 heterocycles. The molecule has 4 rings (SSSR count). The molecule has 0 aromatic heterocycles. The summed E-state index contributed by atoms with van der Waals surface area (Å²) in [4.78, 5) is 25.0. The highest BCUT2D eigenvalue weighted by molar-refractivity contribution is 6.34. The number of halogens is 2. The number of aryl methyl sites for hydroxylation is 1. The van der Waals surface area contributed by atoms with Crippen LogP contribution in [0, 0.1) is 12.7 Å². The van der Waals surface area contributed by atoms with Crippen LogP contribution < -0.4 is 15.4 Å². The van der Waals surface area contributed by atoms with Crippen LogP contribution in [0.4, 0.5) is 15.8 Å². The summed E-state index contributed by atoms with van der Waals surface area (Å²) in [6.45, 7) is 1.91. The van der Waals surface area contributed by atoms with Crippen LogP contribution in [0.5, 0.6) is 11.5 Å². The number of ether oxygens (including phenoxy) is 1. The quantitative estimate of drug-likeness (QED) is 0.609. The van der Waals surface area contributed by atoms with Crippen molar-refractivity contribution >= 4 is 34.8 Å². The van der Waals surface area contributed by atoms with Gasteiger partial charge < -0.3 is 15.4 Å². The summed E-state index contributed by atoms with van der Waals surface area (Å²) >= 11 is 5.93. The van der Waals surface area contributed by atoms with E-state index in [0.717, 1.165) is 11.6 Å². The number of carbonyl (C=O) groups excluding carboxylic acids is 2. The minimum absolute atomic E-state index is 0.000782. The van der Waals surface area contributed by atoms with Crippen molar-refractivity contribution < 1.29 is 18.7 Å². The molecule has 0 fully saturated rings. The first-order chi connectivity index (χ1) is 13.4. The second-order valence-electron chi connectivity index (χ2n) is 6.32. The standard InChI is InChI=1S/C21H14ClFN2O3/c1-11-5-7-18-16(9-11)25-20(26)13-10-12(6-8-17(13)28-18)24-21(27)19-14(22)3-2-4-15(19)23/h2-10H,1H3,(H,24,27)(H,25,26). The van der Waals surface area contributed by atoms with Gasteiger partial charge in [0.25, 0.3) is 11.8 Å². The number of rotatable bonds is 2. The monoisotopic (exact) mass is 396 g/mol. The minimum Gasteiger partial charge on any atom is -0.454 e. The number of anilines is 2. The lowest BCUT2D eigenvalue weighted by Gasteiger charge is -2.11. The molecule has 28 heavy (non-hydrogen) atoms. The normalized spacial score (nSPS) is 12.2. The molecule has 0 unspecified atom stereocenters. The Labute approximate surface area is 165 Å². The van der Waals surface area contributed by atoms with Crippen LogP contribution in [0.3, 0.4) is 0 Å². The van der Waals surface area contributed by atoms with Crippen molar-refractivity contribution in [1.29, 1.82) is 0 Å². The van der Waals surface area contributed by atoms with Crippen LogP contribution in [0.2, 0.25) is 5.02 Å². The third-order valence-electron chi connectivity index (χ3n) is 4.28. The van der Waals surface area contributed by atoms with Crippen molar-refractivity contribution in [3.05, 3.63) is 82.1 Å². The van der Waals surface area contributed by atoms with Gasteiger partial charge in [-0.25, -0.2) is 4.39 Å². The summed E-state index contributed by atoms with van der Waals surface area (Å²) in [7, 11) is 0. The van der Waals surface area contributed by atoms with Crippen LogP contribution in [0.1, 0.15) is 26.3 Å². The molecule has 1 aliphatic heterocycles. The van der Waals surface area contributed by atoms with Gasteiger partial charge in [0, 0.05) is 5.69 Å². The lowest BCUT2D eigenvalue weighted by Crippen LogP contribution is -2.16. The first-order valence-electron chi connectivity index (χ1n) is 8.41. The summed E-state index contributed by atoms with van der Waals surface area (Å²) in [5.74, 6) is -0.947. The predicted molar refractivity (Wildman–Crippen MR) is 105 cm³/mol. The highest BCUT2D eigenvalue weighted by atomic mass is 35.5. The Morgan fingerprint density at radius 2 is 1.89 bits per heavy atom. The molecule has 3 aromatic carbocycles. The van der Waals surface area contributed by atoms with Gasteiger partial charge in [0.1, 0.15) is 11.6 Å². The molecule has 0 saturated heterocycles. The van der Waals surface area contributed by atoms with Crippen molar-refractivity contribution in [3.8, 4) is 11.5 Å². The largest absolute Gasteiger partial charge is 0.454 e. The van der Waals surface area contributed by atoms with E-state index in [9.17, 15) is 14.0 Å². The molecule has 1 aliphatic rings. The van der Waals surface area contributed by atoms with Gasteiger partial charge in [0.15, 0.2) is 5.75 Å². The van der Waals surface area contributed by atoms with Crippen molar-refractivity contribution in [1.82, 2.24) is 0 Å². The highest BCUT2D eigenvalue weighted by Crippen LogP contribution is 2.37. The molecular weight excluding hydrogens is 383 g/mol. The SMILES string of the molecule is Cc1ccc2c(c1)NC(=O)c1cc(NC(=O)c3c(F)cccc3Cl)ccc1O2. The van der Waals surface area contributed by atoms with E-state index in [-0.39, 0.29) is 22.1 Å². The van der Waals surface area contributed by atoms with Crippen LogP contribution in [0.15, 0.2) is 54.6 Å². The van der Waals surface area contributed by atoms with E-state index in [0.29, 0.717) is 22.9 Å². The van der Waals surface area contributed by atoms with E-state index in [1.165, 1.54) is 18.2 Å². The van der Waals surface area contributed by atoms with Gasteiger partial charge in [-0.05, 0) is 55.0 Å². The topological polar surface area (TPSA) is 67.4 Å². The predicted octanol–water partition coefficient (Wildman–Crippen LogP) is 5.40. The summed E-state index contributed by atoms with van der Waals surface area (Å²) in [6, 6.07) is 14.1. The van der Waals surface area contributed by atoms with Crippen LogP contribution in [-0.4, -0.2) is 11.8 Å². The maximum atomic E-state index is 13.9. The van der Waals surface area contributed by atoms with Gasteiger partial charge in [0.2, 0.25) is 0 Å². The van der Waals surface area contributed by atoms with E-state index >= 15 is 0 Å². The minimum atomic E-state index is -0.730. The maximum absolute atomic E-state index is 13.9. The summed E-state index contributed by atoms with van der Waals surface area (Å²) in [5.41, 5.74) is 1.83. The summed E-state index contributed by atoms with van der Waals surface area (Å²) < 4.78 is 19.8. The fraction of sp³-hybridized carbons (Fsp3) is 0.0476. The molecule has 0 atom stereocenters. The molecule has 0 radical (unpaired) electrons. The molecule has 0 saturated carbocycles. The third-order valence-corrected chi connectivity index (χ3v) is 4.59. The van der Waals surface area contributed by atoms with Crippen LogP contribution in [-0.2, 0) is 0 Å². The fourth-order valence-corrected chi connectivity index (χ4v) is 3.17. The number of nitrogens with one attached hydrogen (secondary N) is 2. The van der Waals surface area contributed by atoms with E-state index in [4.69, 9.17) is 16.3 Å². The molecule has 0 spiro atoms. The first-order valence-corrected chi connectivity index (χ1v) is 8.79. The van der Waals surface area contributed by atoms with Crippen molar-refractivity contribution in [2.75, 3.05) is 10.6 Å². The molecular formula is C21H14ClFN2O3. The van der Waals surface area contributed by atoms with E-state index in [2.05, 4.69) is 10.6 Å². The summed E-state index contributed by atoms with van der Waals surface area (Å²) in [5, 5.41) is 5.35. The third kappa shape index (κ3) is 3.30. The van der Waals surface area contributed by atoms with Crippen LogP contribution >= 0.6 is 11.6 Å². The van der Waals surface area contributed by atoms with Gasteiger partial charge in [-0.3, -0.25) is 9.59 Å². The van der Waals surface area contributed by atoms with Crippen LogP contribution in [0.25, 0.3) is 0 Å². The van der Waals surface area contributed by atoms with Gasteiger partial charge in [0.05, 0.1) is 21.8 Å². The fourth-order valence-electron chi connectivity index (χ4n) is 2.92. The van der Waals surface area contributed by atoms with E-state index in [1.807, 2.05) is 19.1 Å². The first kappa shape index (κ1) is 18.0. The number of benzene rings is 3. The zero-order valence-corrected chi connectivity index (χ0v) is 15.4. The molecule has 2 N–H and O–H groups in total. The van der Waals surface area contributed by atoms with Crippen molar-refractivity contribution in [2.45, 2.75) is 6.92 Å². The maximum Gasteiger partial charge on any atom is 0.260 e. The lowest BCUT2D eigenvalue weighted by molar-refractivity contribution is 0.101. The molecule has 2 amide bonds. The van der Waals surface area contributed by atoms with Gasteiger partial charge in [-0.15, -0.1) is 0 Å². The zero-order valence-electron chi connectivity index (χ0n) is 14.7. The Morgan fingerprint density at radius 3 is 2.68 bits per heavy atom. The second-order valence-corrected chi connectivity index (χ2v) is 6.72. The Balaban J connectivity index is 1.65. The molecule has 0 bridgehead atoms. The molecule has 140 valence electrons. The van der Waals surface area contributed by atoms with Gasteiger partial charge in [-0.1, -0.05) is 23.7 Å². The lowest BCUT2D eigenvalue weighted by atomic mass is 10.1. The van der Waals surface area contributed by atoms with E-state index in [1.54, 1.807) is 18.2 Å². The molecule has 3 aromatic rings. The summed E-state index contributed by atoms with van der Waals surface area (Å²) in [6.07, 6.45) is 0. The van der Waals surface area contributed by atoms with Crippen molar-refractivity contribution in [2.24, 2.45) is 0 Å². The van der Waals surface area contributed by atoms with E-state index < -0.39 is 11.7 Å². The molecule has 7 heteroatoms. The zero-order chi connectivity index (χ0) is 19.8. The Morgan fingerprint density at radius 1 is 1.11 bits per heavy atom. The van der Waals surface area contributed by atoms with Gasteiger partial charge in [-0.2, -0.15) is 0 Å². The number of amides is 2. The Hall–Kier alpha value is -3.38. The average molecular weight is 397 g/mol. The highest BCUT2D eigenvalue weighted by Gasteiger charge is 2.22. The number of hydrogen-bond acceptors (Lipinski definition) is 3. The molecule has 5 nitrogen and oxygen atoms in total. The number of carbonyl (C=O) groups is 2. The smallest absolute Gasteiger partial charge is 0.260 e. The second kappa shape index (κ2) is 6.98. The number of fused-ring (bicyclic) bond motifs is 2. The molecule has 0 aliphatic carbocycles.